The van der Waals surface area contributed by atoms with Crippen LogP contribution in [0.15, 0.2) is 42.6 Å². The highest BCUT2D eigenvalue weighted by molar-refractivity contribution is 5.87. The number of rotatable bonds is 3. The number of pyridine rings is 1. The highest BCUT2D eigenvalue weighted by atomic mass is 16.5. The van der Waals surface area contributed by atoms with Crippen molar-refractivity contribution in [3.05, 3.63) is 53.9 Å². The predicted octanol–water partition coefficient (Wildman–Crippen LogP) is 2.17. The zero-order valence-corrected chi connectivity index (χ0v) is 23.3. The molecule has 2 heterocycles. The van der Waals surface area contributed by atoms with Gasteiger partial charge in [0.1, 0.15) is 6.04 Å². The van der Waals surface area contributed by atoms with Gasteiger partial charge in [0.2, 0.25) is 11.8 Å². The highest BCUT2D eigenvalue weighted by Gasteiger charge is 2.20. The van der Waals surface area contributed by atoms with E-state index in [9.17, 15) is 14.4 Å². The van der Waals surface area contributed by atoms with E-state index >= 15 is 0 Å². The van der Waals surface area contributed by atoms with Gasteiger partial charge in [-0.1, -0.05) is 12.1 Å². The van der Waals surface area contributed by atoms with Gasteiger partial charge in [0.25, 0.3) is 5.91 Å². The molecular weight excluding hydrogens is 498 g/mol. The van der Waals surface area contributed by atoms with Crippen LogP contribution in [0, 0.1) is 0 Å². The van der Waals surface area contributed by atoms with E-state index in [0.29, 0.717) is 37.4 Å². The number of amides is 3. The average molecular weight is 540 g/mol. The molecule has 0 fully saturated rings. The summed E-state index contributed by atoms with van der Waals surface area (Å²) in [7, 11) is 3.28. The molecule has 1 aromatic heterocycles. The summed E-state index contributed by atoms with van der Waals surface area (Å²) in [6.07, 6.45) is 5.24. The number of hydrogen-bond donors (Lipinski definition) is 2. The molecule has 0 saturated carbocycles. The van der Waals surface area contributed by atoms with Crippen LogP contribution < -0.4 is 20.1 Å². The molecule has 1 atom stereocenters. The molecule has 1 aliphatic heterocycles. The molecule has 0 saturated heterocycles. The van der Waals surface area contributed by atoms with Crippen molar-refractivity contribution in [2.45, 2.75) is 51.6 Å². The highest BCUT2D eigenvalue weighted by Crippen LogP contribution is 2.28. The molecule has 0 aliphatic carbocycles. The molecule has 2 aromatic rings. The third kappa shape index (κ3) is 10.2. The Morgan fingerprint density at radius 1 is 1.03 bits per heavy atom. The first-order valence-electron chi connectivity index (χ1n) is 13.6. The van der Waals surface area contributed by atoms with Crippen LogP contribution in [-0.4, -0.2) is 85.5 Å². The van der Waals surface area contributed by atoms with Crippen molar-refractivity contribution in [1.82, 2.24) is 25.4 Å². The molecule has 0 spiro atoms. The molecule has 39 heavy (non-hydrogen) atoms. The molecule has 212 valence electrons. The van der Waals surface area contributed by atoms with Gasteiger partial charge in [-0.15, -0.1) is 0 Å². The first kappa shape index (κ1) is 29.9. The van der Waals surface area contributed by atoms with Gasteiger partial charge in [-0.05, 0) is 69.0 Å². The number of nitrogens with zero attached hydrogens (tertiary/aromatic N) is 3. The van der Waals surface area contributed by atoms with Crippen LogP contribution in [0.3, 0.4) is 0 Å². The first-order valence-corrected chi connectivity index (χ1v) is 13.6. The number of carbonyl (C=O) groups excluding carboxylic acids is 3. The number of methoxy groups -OCH3 is 1. The fraction of sp³-hybridized carbons (Fsp3) is 0.517. The summed E-state index contributed by atoms with van der Waals surface area (Å²) in [5.74, 6) is 0.351. The van der Waals surface area contributed by atoms with Crippen molar-refractivity contribution in [3.8, 4) is 11.5 Å². The third-order valence-corrected chi connectivity index (χ3v) is 6.65. The normalized spacial score (nSPS) is 19.6. The zero-order valence-electron chi connectivity index (χ0n) is 23.3. The van der Waals surface area contributed by atoms with E-state index in [2.05, 4.69) is 20.5 Å². The monoisotopic (exact) mass is 539 g/mol. The fourth-order valence-corrected chi connectivity index (χ4v) is 4.47. The minimum absolute atomic E-state index is 0.00669. The Morgan fingerprint density at radius 2 is 1.82 bits per heavy atom. The van der Waals surface area contributed by atoms with Gasteiger partial charge in [0.15, 0.2) is 18.1 Å². The van der Waals surface area contributed by atoms with Crippen LogP contribution in [0.25, 0.3) is 0 Å². The molecule has 2 N–H and O–H groups in total. The van der Waals surface area contributed by atoms with Crippen molar-refractivity contribution < 1.29 is 23.9 Å². The van der Waals surface area contributed by atoms with Gasteiger partial charge in [0.05, 0.1) is 12.8 Å². The second-order valence-electron chi connectivity index (χ2n) is 9.83. The lowest BCUT2D eigenvalue weighted by atomic mass is 10.1. The van der Waals surface area contributed by atoms with Crippen molar-refractivity contribution in [2.75, 3.05) is 46.9 Å². The molecule has 0 unspecified atom stereocenters. The minimum Gasteiger partial charge on any atom is -0.493 e. The standard InChI is InChI=1S/C29H41N5O5/c1-22-29(37)33(2)16-6-7-17-34(20-24-9-4-5-14-30-24)18-8-15-31-27(35)13-11-23-10-12-25(38-3)26(19-23)39-21-28(36)32-22/h4-5,9-10,12,14,19,22H,6-8,11,13,15-18,20-21H2,1-3H3,(H,31,35)(H,32,36)/t22-/m0/s1. The van der Waals surface area contributed by atoms with E-state index in [1.807, 2.05) is 24.3 Å². The van der Waals surface area contributed by atoms with Crippen LogP contribution >= 0.6 is 0 Å². The van der Waals surface area contributed by atoms with Gasteiger partial charge in [0, 0.05) is 45.8 Å². The number of carbonyl (C=O) groups is 3. The number of aryl methyl sites for hydroxylation is 1. The Kier molecular flexibility index (Phi) is 12.0. The number of hydrogen-bond acceptors (Lipinski definition) is 7. The van der Waals surface area contributed by atoms with E-state index in [4.69, 9.17) is 9.47 Å². The first-order chi connectivity index (χ1) is 18.9. The predicted molar refractivity (Wildman–Crippen MR) is 148 cm³/mol. The van der Waals surface area contributed by atoms with Gasteiger partial charge in [-0.25, -0.2) is 0 Å². The Balaban J connectivity index is 1.68. The molecule has 2 bridgehead atoms. The van der Waals surface area contributed by atoms with Crippen LogP contribution in [-0.2, 0) is 27.3 Å². The molecule has 3 rings (SSSR count). The van der Waals surface area contributed by atoms with E-state index in [-0.39, 0.29) is 18.4 Å². The third-order valence-electron chi connectivity index (χ3n) is 6.65. The van der Waals surface area contributed by atoms with Crippen LogP contribution in [0.5, 0.6) is 11.5 Å². The van der Waals surface area contributed by atoms with Crippen molar-refractivity contribution in [1.29, 1.82) is 0 Å². The number of ether oxygens (including phenoxy) is 2. The van der Waals surface area contributed by atoms with Crippen LogP contribution in [0.1, 0.15) is 43.9 Å². The lowest BCUT2D eigenvalue weighted by Gasteiger charge is -2.24. The molecular formula is C29H41N5O5. The maximum absolute atomic E-state index is 12.8. The number of benzene rings is 1. The SMILES string of the molecule is COc1ccc2cc1OCC(=O)N[C@@H](C)C(=O)N(C)CCCCN(Cc1ccccn1)CCCNC(=O)CC2. The fourth-order valence-electron chi connectivity index (χ4n) is 4.47. The molecule has 3 amide bonds. The minimum atomic E-state index is -0.670. The number of aromatic nitrogens is 1. The van der Waals surface area contributed by atoms with Gasteiger partial charge < -0.3 is 25.0 Å². The van der Waals surface area contributed by atoms with Crippen molar-refractivity contribution in [2.24, 2.45) is 0 Å². The van der Waals surface area contributed by atoms with Crippen LogP contribution in [0.2, 0.25) is 0 Å². The lowest BCUT2D eigenvalue weighted by molar-refractivity contribution is -0.135. The van der Waals surface area contributed by atoms with E-state index < -0.39 is 11.9 Å². The Bertz CT molecular complexity index is 1080. The average Bonchev–Trinajstić information content (AvgIpc) is 2.94. The van der Waals surface area contributed by atoms with Gasteiger partial charge in [-0.2, -0.15) is 0 Å². The van der Waals surface area contributed by atoms with E-state index in [1.165, 1.54) is 7.11 Å². The van der Waals surface area contributed by atoms with E-state index in [0.717, 1.165) is 50.2 Å². The molecule has 1 aliphatic rings. The Labute approximate surface area is 231 Å². The second-order valence-corrected chi connectivity index (χ2v) is 9.83. The molecule has 10 heteroatoms. The molecule has 1 aromatic carbocycles. The smallest absolute Gasteiger partial charge is 0.258 e. The summed E-state index contributed by atoms with van der Waals surface area (Å²) < 4.78 is 11.1. The topological polar surface area (TPSA) is 113 Å². The van der Waals surface area contributed by atoms with Gasteiger partial charge >= 0.3 is 0 Å². The zero-order chi connectivity index (χ0) is 28.0. The second kappa shape index (κ2) is 15.7. The summed E-state index contributed by atoms with van der Waals surface area (Å²) in [4.78, 5) is 46.2. The Hall–Kier alpha value is -3.66. The van der Waals surface area contributed by atoms with Gasteiger partial charge in [-0.3, -0.25) is 24.3 Å². The van der Waals surface area contributed by atoms with E-state index in [1.54, 1.807) is 37.2 Å². The summed E-state index contributed by atoms with van der Waals surface area (Å²) in [6.45, 7) is 5.02. The van der Waals surface area contributed by atoms with Crippen molar-refractivity contribution in [3.63, 3.8) is 0 Å². The lowest BCUT2D eigenvalue weighted by Crippen LogP contribution is -2.47. The summed E-state index contributed by atoms with van der Waals surface area (Å²) in [6, 6.07) is 10.7. The summed E-state index contributed by atoms with van der Waals surface area (Å²) >= 11 is 0. The maximum atomic E-state index is 12.8. The number of nitrogens with one attached hydrogen (secondary N) is 2. The quantitative estimate of drug-likeness (QED) is 0.615. The maximum Gasteiger partial charge on any atom is 0.258 e. The number of fused-ring (bicyclic) bond motifs is 2. The van der Waals surface area contributed by atoms with Crippen LogP contribution in [0.4, 0.5) is 0 Å². The largest absolute Gasteiger partial charge is 0.493 e. The molecule has 10 nitrogen and oxygen atoms in total. The Morgan fingerprint density at radius 3 is 2.59 bits per heavy atom. The molecule has 0 radical (unpaired) electrons. The summed E-state index contributed by atoms with van der Waals surface area (Å²) in [5.41, 5.74) is 1.90. The number of likely N-dealkylation sites (N-methyl/N-ethyl adjacent to an activating group) is 1. The van der Waals surface area contributed by atoms with Crippen molar-refractivity contribution >= 4 is 17.7 Å². The summed E-state index contributed by atoms with van der Waals surface area (Å²) in [5, 5.41) is 5.74.